The van der Waals surface area contributed by atoms with Crippen LogP contribution in [0.25, 0.3) is 0 Å². The molecule has 2 heterocycles. The number of urea groups is 1. The second-order valence-corrected chi connectivity index (χ2v) is 5.42. The van der Waals surface area contributed by atoms with Crippen molar-refractivity contribution in [2.75, 3.05) is 13.1 Å². The van der Waals surface area contributed by atoms with E-state index in [-0.39, 0.29) is 11.9 Å². The molecule has 0 aliphatic carbocycles. The van der Waals surface area contributed by atoms with E-state index < -0.39 is 12.0 Å². The number of hydrogen-bond donors (Lipinski definition) is 1. The standard InChI is InChI=1S/C13H22N2O3/c1-3-10-5-4-7-14(10)13(18)15-8-6-9(2)11(15)12(16)17/h9-11H,3-8H2,1-2H3,(H,16,17). The van der Waals surface area contributed by atoms with Crippen LogP contribution in [-0.2, 0) is 4.79 Å². The topological polar surface area (TPSA) is 60.9 Å². The summed E-state index contributed by atoms with van der Waals surface area (Å²) >= 11 is 0. The van der Waals surface area contributed by atoms with Crippen LogP contribution in [0.2, 0.25) is 0 Å². The smallest absolute Gasteiger partial charge is 0.326 e. The van der Waals surface area contributed by atoms with Crippen molar-refractivity contribution in [1.82, 2.24) is 9.80 Å². The molecule has 0 saturated carbocycles. The zero-order chi connectivity index (χ0) is 13.3. The number of hydrogen-bond acceptors (Lipinski definition) is 2. The average Bonchev–Trinajstić information content (AvgIpc) is 2.93. The van der Waals surface area contributed by atoms with Gasteiger partial charge in [0, 0.05) is 19.1 Å². The molecule has 0 radical (unpaired) electrons. The van der Waals surface area contributed by atoms with E-state index in [9.17, 15) is 14.7 Å². The van der Waals surface area contributed by atoms with Crippen molar-refractivity contribution in [3.8, 4) is 0 Å². The van der Waals surface area contributed by atoms with Gasteiger partial charge in [-0.2, -0.15) is 0 Å². The van der Waals surface area contributed by atoms with Crippen molar-refractivity contribution in [3.05, 3.63) is 0 Å². The molecule has 2 saturated heterocycles. The van der Waals surface area contributed by atoms with Gasteiger partial charge in [-0.25, -0.2) is 9.59 Å². The Balaban J connectivity index is 2.11. The highest BCUT2D eigenvalue weighted by Crippen LogP contribution is 2.28. The molecule has 0 aromatic carbocycles. The predicted molar refractivity (Wildman–Crippen MR) is 67.3 cm³/mol. The fourth-order valence-corrected chi connectivity index (χ4v) is 3.22. The lowest BCUT2D eigenvalue weighted by molar-refractivity contribution is -0.142. The Kier molecular flexibility index (Phi) is 3.78. The normalized spacial score (nSPS) is 32.0. The Morgan fingerprint density at radius 3 is 2.56 bits per heavy atom. The molecule has 18 heavy (non-hydrogen) atoms. The van der Waals surface area contributed by atoms with Gasteiger partial charge in [-0.05, 0) is 31.6 Å². The van der Waals surface area contributed by atoms with Crippen molar-refractivity contribution in [2.24, 2.45) is 5.92 Å². The van der Waals surface area contributed by atoms with Gasteiger partial charge in [0.25, 0.3) is 0 Å². The summed E-state index contributed by atoms with van der Waals surface area (Å²) in [6.07, 6.45) is 3.81. The lowest BCUT2D eigenvalue weighted by Gasteiger charge is -2.31. The molecule has 3 unspecified atom stereocenters. The second kappa shape index (κ2) is 5.16. The maximum absolute atomic E-state index is 12.5. The number of nitrogens with zero attached hydrogens (tertiary/aromatic N) is 2. The van der Waals surface area contributed by atoms with Crippen molar-refractivity contribution in [3.63, 3.8) is 0 Å². The quantitative estimate of drug-likeness (QED) is 0.817. The maximum atomic E-state index is 12.5. The van der Waals surface area contributed by atoms with Crippen LogP contribution in [0.5, 0.6) is 0 Å². The average molecular weight is 254 g/mol. The summed E-state index contributed by atoms with van der Waals surface area (Å²) in [6, 6.07) is -0.422. The summed E-state index contributed by atoms with van der Waals surface area (Å²) < 4.78 is 0. The minimum atomic E-state index is -0.874. The molecule has 2 rings (SSSR count). The highest BCUT2D eigenvalue weighted by molar-refractivity contribution is 5.84. The number of rotatable bonds is 2. The van der Waals surface area contributed by atoms with Crippen LogP contribution in [0.15, 0.2) is 0 Å². The Morgan fingerprint density at radius 1 is 1.22 bits per heavy atom. The van der Waals surface area contributed by atoms with Crippen LogP contribution >= 0.6 is 0 Å². The number of amides is 2. The lowest BCUT2D eigenvalue weighted by atomic mass is 10.0. The molecule has 102 valence electrons. The summed E-state index contributed by atoms with van der Waals surface area (Å²) in [5.41, 5.74) is 0. The van der Waals surface area contributed by atoms with Crippen LogP contribution < -0.4 is 0 Å². The Morgan fingerprint density at radius 2 is 1.94 bits per heavy atom. The third-order valence-electron chi connectivity index (χ3n) is 4.29. The number of carboxylic acids is 1. The summed E-state index contributed by atoms with van der Waals surface area (Å²) in [7, 11) is 0. The highest BCUT2D eigenvalue weighted by Gasteiger charge is 2.42. The number of likely N-dealkylation sites (tertiary alicyclic amines) is 2. The van der Waals surface area contributed by atoms with Crippen LogP contribution in [0.1, 0.15) is 39.5 Å². The maximum Gasteiger partial charge on any atom is 0.326 e. The van der Waals surface area contributed by atoms with Gasteiger partial charge >= 0.3 is 12.0 Å². The van der Waals surface area contributed by atoms with Gasteiger partial charge in [-0.15, -0.1) is 0 Å². The number of carbonyl (C=O) groups is 2. The summed E-state index contributed by atoms with van der Waals surface area (Å²) in [5.74, 6) is -0.824. The van der Waals surface area contributed by atoms with Gasteiger partial charge in [0.1, 0.15) is 6.04 Å². The van der Waals surface area contributed by atoms with Gasteiger partial charge in [0.05, 0.1) is 0 Å². The first-order chi connectivity index (χ1) is 8.56. The van der Waals surface area contributed by atoms with Gasteiger partial charge in [-0.3, -0.25) is 0 Å². The zero-order valence-corrected chi connectivity index (χ0v) is 11.1. The fraction of sp³-hybridized carbons (Fsp3) is 0.846. The molecule has 5 nitrogen and oxygen atoms in total. The molecule has 2 aliphatic heterocycles. The third kappa shape index (κ3) is 2.18. The molecule has 2 fully saturated rings. The Bertz CT molecular complexity index is 345. The molecule has 0 spiro atoms. The molecule has 0 aromatic rings. The van der Waals surface area contributed by atoms with Crippen molar-refractivity contribution in [1.29, 1.82) is 0 Å². The molecule has 0 aromatic heterocycles. The SMILES string of the molecule is CCC1CCCN1C(=O)N1CCC(C)C1C(=O)O. The van der Waals surface area contributed by atoms with Crippen LogP contribution in [-0.4, -0.2) is 52.1 Å². The Labute approximate surface area is 108 Å². The molecule has 2 amide bonds. The van der Waals surface area contributed by atoms with Crippen LogP contribution in [0.4, 0.5) is 4.79 Å². The van der Waals surface area contributed by atoms with Crippen molar-refractivity contribution >= 4 is 12.0 Å². The molecular formula is C13H22N2O3. The first-order valence-electron chi connectivity index (χ1n) is 6.86. The van der Waals surface area contributed by atoms with Crippen molar-refractivity contribution in [2.45, 2.75) is 51.6 Å². The molecule has 0 bridgehead atoms. The monoisotopic (exact) mass is 254 g/mol. The van der Waals surface area contributed by atoms with E-state index in [4.69, 9.17) is 0 Å². The van der Waals surface area contributed by atoms with E-state index in [1.54, 1.807) is 4.90 Å². The minimum absolute atomic E-state index is 0.0501. The lowest BCUT2D eigenvalue weighted by Crippen LogP contribution is -2.50. The van der Waals surface area contributed by atoms with Gasteiger partial charge < -0.3 is 14.9 Å². The summed E-state index contributed by atoms with van der Waals surface area (Å²) in [5, 5.41) is 9.26. The van der Waals surface area contributed by atoms with Gasteiger partial charge in [-0.1, -0.05) is 13.8 Å². The van der Waals surface area contributed by atoms with Crippen molar-refractivity contribution < 1.29 is 14.7 Å². The van der Waals surface area contributed by atoms with E-state index >= 15 is 0 Å². The van der Waals surface area contributed by atoms with E-state index in [1.807, 2.05) is 11.8 Å². The molecule has 5 heteroatoms. The molecule has 2 aliphatic rings. The first kappa shape index (κ1) is 13.2. The summed E-state index contributed by atoms with van der Waals surface area (Å²) in [6.45, 7) is 5.34. The minimum Gasteiger partial charge on any atom is -0.480 e. The number of carbonyl (C=O) groups excluding carboxylic acids is 1. The third-order valence-corrected chi connectivity index (χ3v) is 4.29. The number of carboxylic acid groups (broad SMARTS) is 1. The zero-order valence-electron chi connectivity index (χ0n) is 11.1. The van der Waals surface area contributed by atoms with Gasteiger partial charge in [0.2, 0.25) is 0 Å². The highest BCUT2D eigenvalue weighted by atomic mass is 16.4. The largest absolute Gasteiger partial charge is 0.480 e. The van der Waals surface area contributed by atoms with Crippen LogP contribution in [0, 0.1) is 5.92 Å². The van der Waals surface area contributed by atoms with E-state index in [0.717, 1.165) is 32.2 Å². The molecule has 1 N–H and O–H groups in total. The van der Waals surface area contributed by atoms with Crippen LogP contribution in [0.3, 0.4) is 0 Å². The first-order valence-corrected chi connectivity index (χ1v) is 6.86. The van der Waals surface area contributed by atoms with E-state index in [1.165, 1.54) is 0 Å². The van der Waals surface area contributed by atoms with E-state index in [2.05, 4.69) is 6.92 Å². The fourth-order valence-electron chi connectivity index (χ4n) is 3.22. The summed E-state index contributed by atoms with van der Waals surface area (Å²) in [4.78, 5) is 27.2. The second-order valence-electron chi connectivity index (χ2n) is 5.42. The number of aliphatic carboxylic acids is 1. The van der Waals surface area contributed by atoms with E-state index in [0.29, 0.717) is 12.6 Å². The molecule has 3 atom stereocenters. The molecular weight excluding hydrogens is 232 g/mol. The van der Waals surface area contributed by atoms with Gasteiger partial charge in [0.15, 0.2) is 0 Å². The predicted octanol–water partition coefficient (Wildman–Crippen LogP) is 1.78. The Hall–Kier alpha value is -1.26.